The van der Waals surface area contributed by atoms with Crippen LogP contribution in [0.1, 0.15) is 26.3 Å². The minimum atomic E-state index is -0.509. The maximum Gasteiger partial charge on any atom is 0.251 e. The van der Waals surface area contributed by atoms with Gasteiger partial charge in [-0.05, 0) is 35.9 Å². The zero-order valence-corrected chi connectivity index (χ0v) is 11.9. The van der Waals surface area contributed by atoms with Crippen LogP contribution in [-0.2, 0) is 6.54 Å². The molecule has 6 heteroatoms. The predicted octanol–water partition coefficient (Wildman–Crippen LogP) is 1.95. The van der Waals surface area contributed by atoms with Crippen LogP contribution in [-0.4, -0.2) is 11.8 Å². The summed E-state index contributed by atoms with van der Waals surface area (Å²) in [5, 5.41) is 3.13. The summed E-state index contributed by atoms with van der Waals surface area (Å²) in [5.41, 5.74) is 12.8. The molecule has 21 heavy (non-hydrogen) atoms. The predicted molar refractivity (Wildman–Crippen MR) is 82.0 cm³/mol. The molecule has 0 saturated heterocycles. The van der Waals surface area contributed by atoms with E-state index in [1.165, 1.54) is 6.07 Å². The fraction of sp³-hybridized carbons (Fsp3) is 0.0667. The summed E-state index contributed by atoms with van der Waals surface area (Å²) in [4.78, 5) is 23.1. The molecule has 0 aliphatic carbocycles. The maximum absolute atomic E-state index is 12.0. The van der Waals surface area contributed by atoms with Crippen molar-refractivity contribution in [1.29, 1.82) is 0 Å². The topological polar surface area (TPSA) is 98.2 Å². The van der Waals surface area contributed by atoms with Crippen molar-refractivity contribution >= 4 is 29.1 Å². The molecule has 0 fully saturated rings. The molecule has 0 spiro atoms. The number of hydrogen-bond acceptors (Lipinski definition) is 3. The number of nitrogens with two attached hydrogens (primary N) is 2. The molecule has 0 aliphatic rings. The van der Waals surface area contributed by atoms with Crippen LogP contribution in [0.15, 0.2) is 42.5 Å². The Morgan fingerprint density at radius 3 is 2.52 bits per heavy atom. The van der Waals surface area contributed by atoms with E-state index in [0.29, 0.717) is 21.8 Å². The first-order valence-electron chi connectivity index (χ1n) is 6.19. The van der Waals surface area contributed by atoms with Gasteiger partial charge in [0.15, 0.2) is 0 Å². The van der Waals surface area contributed by atoms with Crippen molar-refractivity contribution in [3.63, 3.8) is 0 Å². The minimum Gasteiger partial charge on any atom is -0.399 e. The Balaban J connectivity index is 2.07. The van der Waals surface area contributed by atoms with E-state index in [1.807, 2.05) is 0 Å². The third kappa shape index (κ3) is 3.97. The van der Waals surface area contributed by atoms with Crippen molar-refractivity contribution in [3.8, 4) is 0 Å². The number of hydrogen-bond donors (Lipinski definition) is 3. The summed E-state index contributed by atoms with van der Waals surface area (Å²) in [6, 6.07) is 11.4. The van der Waals surface area contributed by atoms with E-state index in [0.717, 1.165) is 5.56 Å². The van der Waals surface area contributed by atoms with E-state index >= 15 is 0 Å². The van der Waals surface area contributed by atoms with Gasteiger partial charge in [0, 0.05) is 28.4 Å². The van der Waals surface area contributed by atoms with E-state index in [-0.39, 0.29) is 12.5 Å². The monoisotopic (exact) mass is 303 g/mol. The molecule has 108 valence electrons. The fourth-order valence-corrected chi connectivity index (χ4v) is 2.11. The number of amides is 2. The highest BCUT2D eigenvalue weighted by atomic mass is 35.5. The van der Waals surface area contributed by atoms with Gasteiger partial charge in [0.25, 0.3) is 5.91 Å². The minimum absolute atomic E-state index is 0.270. The lowest BCUT2D eigenvalue weighted by molar-refractivity contribution is 0.0950. The second-order valence-corrected chi connectivity index (χ2v) is 4.96. The standard InChI is InChI=1S/C15H14ClN3O2/c16-12-5-11(6-13(17)7-12)15(21)19-8-9-2-1-3-10(4-9)14(18)20/h1-7H,8,17H2,(H2,18,20)(H,19,21). The number of nitrogens with one attached hydrogen (secondary N) is 1. The lowest BCUT2D eigenvalue weighted by atomic mass is 10.1. The molecule has 0 atom stereocenters. The maximum atomic E-state index is 12.0. The van der Waals surface area contributed by atoms with Crippen molar-refractivity contribution in [2.45, 2.75) is 6.54 Å². The van der Waals surface area contributed by atoms with Crippen LogP contribution in [0.25, 0.3) is 0 Å². The molecule has 0 radical (unpaired) electrons. The molecular weight excluding hydrogens is 290 g/mol. The number of carbonyl (C=O) groups excluding carboxylic acids is 2. The first-order valence-corrected chi connectivity index (χ1v) is 6.56. The smallest absolute Gasteiger partial charge is 0.251 e. The van der Waals surface area contributed by atoms with Crippen LogP contribution in [0.2, 0.25) is 5.02 Å². The molecule has 2 aromatic rings. The molecule has 0 saturated carbocycles. The van der Waals surface area contributed by atoms with E-state index in [2.05, 4.69) is 5.32 Å². The molecule has 2 amide bonds. The number of primary amides is 1. The third-order valence-corrected chi connectivity index (χ3v) is 3.07. The number of anilines is 1. The Kier molecular flexibility index (Phi) is 4.45. The van der Waals surface area contributed by atoms with Gasteiger partial charge in [-0.1, -0.05) is 23.7 Å². The SMILES string of the molecule is NC(=O)c1cccc(CNC(=O)c2cc(N)cc(Cl)c2)c1. The van der Waals surface area contributed by atoms with Crippen molar-refractivity contribution < 1.29 is 9.59 Å². The van der Waals surface area contributed by atoms with Crippen molar-refractivity contribution in [3.05, 3.63) is 64.2 Å². The Hall–Kier alpha value is -2.53. The Labute approximate surface area is 126 Å². The number of benzene rings is 2. The largest absolute Gasteiger partial charge is 0.399 e. The van der Waals surface area contributed by atoms with Gasteiger partial charge in [-0.2, -0.15) is 0 Å². The average molecular weight is 304 g/mol. The Morgan fingerprint density at radius 1 is 1.10 bits per heavy atom. The van der Waals surface area contributed by atoms with Gasteiger partial charge in [0.05, 0.1) is 0 Å². The van der Waals surface area contributed by atoms with Gasteiger partial charge in [-0.15, -0.1) is 0 Å². The molecule has 5 nitrogen and oxygen atoms in total. The summed E-state index contributed by atoms with van der Waals surface area (Å²) in [7, 11) is 0. The number of rotatable bonds is 4. The van der Waals surface area contributed by atoms with Crippen LogP contribution < -0.4 is 16.8 Å². The quantitative estimate of drug-likeness (QED) is 0.753. The Bertz CT molecular complexity index is 681. The molecule has 0 heterocycles. The zero-order chi connectivity index (χ0) is 15.4. The molecule has 0 aromatic heterocycles. The fourth-order valence-electron chi connectivity index (χ4n) is 1.86. The van der Waals surface area contributed by atoms with Crippen LogP contribution >= 0.6 is 11.6 Å². The highest BCUT2D eigenvalue weighted by molar-refractivity contribution is 6.31. The van der Waals surface area contributed by atoms with Gasteiger partial charge in [0.2, 0.25) is 5.91 Å². The molecule has 0 bridgehead atoms. The van der Waals surface area contributed by atoms with E-state index in [4.69, 9.17) is 23.1 Å². The van der Waals surface area contributed by atoms with Crippen LogP contribution in [0.5, 0.6) is 0 Å². The average Bonchev–Trinajstić information content (AvgIpc) is 2.44. The molecule has 0 aliphatic heterocycles. The highest BCUT2D eigenvalue weighted by Gasteiger charge is 2.08. The van der Waals surface area contributed by atoms with Crippen molar-refractivity contribution in [2.24, 2.45) is 5.73 Å². The zero-order valence-electron chi connectivity index (χ0n) is 11.1. The van der Waals surface area contributed by atoms with E-state index in [1.54, 1.807) is 36.4 Å². The van der Waals surface area contributed by atoms with Gasteiger partial charge in [-0.25, -0.2) is 0 Å². The molecule has 2 aromatic carbocycles. The van der Waals surface area contributed by atoms with E-state index < -0.39 is 5.91 Å². The second kappa shape index (κ2) is 6.28. The molecular formula is C15H14ClN3O2. The molecule has 5 N–H and O–H groups in total. The van der Waals surface area contributed by atoms with Crippen LogP contribution in [0.4, 0.5) is 5.69 Å². The molecule has 2 rings (SSSR count). The first kappa shape index (κ1) is 14.9. The summed E-state index contributed by atoms with van der Waals surface area (Å²) in [5.74, 6) is -0.806. The summed E-state index contributed by atoms with van der Waals surface area (Å²) < 4.78 is 0. The highest BCUT2D eigenvalue weighted by Crippen LogP contribution is 2.16. The van der Waals surface area contributed by atoms with E-state index in [9.17, 15) is 9.59 Å². The van der Waals surface area contributed by atoms with Gasteiger partial charge in [0.1, 0.15) is 0 Å². The summed E-state index contributed by atoms with van der Waals surface area (Å²) in [6.07, 6.45) is 0. The lowest BCUT2D eigenvalue weighted by Gasteiger charge is -2.07. The van der Waals surface area contributed by atoms with Crippen molar-refractivity contribution in [2.75, 3.05) is 5.73 Å². The lowest BCUT2D eigenvalue weighted by Crippen LogP contribution is -2.23. The Morgan fingerprint density at radius 2 is 1.86 bits per heavy atom. The van der Waals surface area contributed by atoms with Gasteiger partial charge >= 0.3 is 0 Å². The number of halogens is 1. The van der Waals surface area contributed by atoms with Gasteiger partial charge < -0.3 is 16.8 Å². The summed E-state index contributed by atoms with van der Waals surface area (Å²) >= 11 is 5.86. The number of carbonyl (C=O) groups is 2. The molecule has 0 unspecified atom stereocenters. The van der Waals surface area contributed by atoms with Gasteiger partial charge in [-0.3, -0.25) is 9.59 Å². The number of nitrogen functional groups attached to an aromatic ring is 1. The second-order valence-electron chi connectivity index (χ2n) is 4.52. The third-order valence-electron chi connectivity index (χ3n) is 2.85. The van der Waals surface area contributed by atoms with Crippen LogP contribution in [0, 0.1) is 0 Å². The van der Waals surface area contributed by atoms with Crippen molar-refractivity contribution in [1.82, 2.24) is 5.32 Å². The summed E-state index contributed by atoms with van der Waals surface area (Å²) in [6.45, 7) is 0.270. The normalized spacial score (nSPS) is 10.1. The first-order chi connectivity index (χ1) is 9.95. The van der Waals surface area contributed by atoms with Crippen LogP contribution in [0.3, 0.4) is 0 Å².